The van der Waals surface area contributed by atoms with Gasteiger partial charge in [0.05, 0.1) is 24.4 Å². The topological polar surface area (TPSA) is 45.0 Å². The van der Waals surface area contributed by atoms with E-state index in [4.69, 9.17) is 10.00 Å². The van der Waals surface area contributed by atoms with E-state index in [-0.39, 0.29) is 0 Å². The zero-order valence-corrected chi connectivity index (χ0v) is 12.1. The smallest absolute Gasteiger partial charge is 0.143 e. The van der Waals surface area contributed by atoms with Crippen LogP contribution >= 0.6 is 0 Å². The van der Waals surface area contributed by atoms with Gasteiger partial charge in [-0.1, -0.05) is 18.2 Å². The Balaban J connectivity index is 1.74. The zero-order valence-electron chi connectivity index (χ0n) is 12.1. The van der Waals surface area contributed by atoms with E-state index in [1.54, 1.807) is 19.2 Å². The van der Waals surface area contributed by atoms with Crippen LogP contribution in [0.4, 0.5) is 5.69 Å². The quantitative estimate of drug-likeness (QED) is 0.928. The van der Waals surface area contributed by atoms with Crippen molar-refractivity contribution in [3.05, 3.63) is 58.7 Å². The Bertz CT molecular complexity index is 701. The number of anilines is 1. The first kappa shape index (κ1) is 13.5. The highest BCUT2D eigenvalue weighted by Gasteiger charge is 2.11. The maximum absolute atomic E-state index is 8.92. The lowest BCUT2D eigenvalue weighted by molar-refractivity contribution is 0.416. The summed E-state index contributed by atoms with van der Waals surface area (Å²) in [7, 11) is 1.62. The van der Waals surface area contributed by atoms with Crippen molar-refractivity contribution in [1.29, 1.82) is 5.26 Å². The van der Waals surface area contributed by atoms with Gasteiger partial charge in [-0.25, -0.2) is 0 Å². The number of hydrogen-bond donors (Lipinski definition) is 1. The summed E-state index contributed by atoms with van der Waals surface area (Å²) >= 11 is 0. The number of nitriles is 1. The molecule has 0 unspecified atom stereocenters. The number of benzene rings is 2. The van der Waals surface area contributed by atoms with Gasteiger partial charge in [-0.2, -0.15) is 5.26 Å². The fourth-order valence-corrected chi connectivity index (χ4v) is 2.84. The third-order valence-electron chi connectivity index (χ3n) is 3.98. The van der Waals surface area contributed by atoms with Gasteiger partial charge in [-0.15, -0.1) is 0 Å². The van der Waals surface area contributed by atoms with Crippen molar-refractivity contribution >= 4 is 5.69 Å². The molecular formula is C18H18N2O. The highest BCUT2D eigenvalue weighted by Crippen LogP contribution is 2.27. The molecular weight excluding hydrogens is 260 g/mol. The maximum atomic E-state index is 8.92. The summed E-state index contributed by atoms with van der Waals surface area (Å²) < 4.78 is 5.34. The largest absolute Gasteiger partial charge is 0.495 e. The Morgan fingerprint density at radius 1 is 1.14 bits per heavy atom. The van der Waals surface area contributed by atoms with Gasteiger partial charge in [0.15, 0.2) is 0 Å². The molecule has 0 saturated carbocycles. The molecule has 3 rings (SSSR count). The lowest BCUT2D eigenvalue weighted by Crippen LogP contribution is -2.02. The Morgan fingerprint density at radius 2 is 2.00 bits per heavy atom. The second-order valence-corrected chi connectivity index (χ2v) is 5.34. The van der Waals surface area contributed by atoms with Crippen LogP contribution in [-0.4, -0.2) is 7.11 Å². The molecule has 3 nitrogen and oxygen atoms in total. The molecule has 1 N–H and O–H groups in total. The van der Waals surface area contributed by atoms with Crippen molar-refractivity contribution < 1.29 is 4.74 Å². The lowest BCUT2D eigenvalue weighted by Gasteiger charge is -2.12. The van der Waals surface area contributed by atoms with Gasteiger partial charge in [0.25, 0.3) is 0 Å². The molecule has 1 aliphatic carbocycles. The first-order valence-corrected chi connectivity index (χ1v) is 7.23. The predicted octanol–water partition coefficient (Wildman–Crippen LogP) is 3.67. The van der Waals surface area contributed by atoms with E-state index < -0.39 is 0 Å². The Morgan fingerprint density at radius 3 is 2.81 bits per heavy atom. The highest BCUT2D eigenvalue weighted by molar-refractivity contribution is 5.59. The summed E-state index contributed by atoms with van der Waals surface area (Å²) in [4.78, 5) is 0. The molecule has 3 heteroatoms. The van der Waals surface area contributed by atoms with Gasteiger partial charge < -0.3 is 10.1 Å². The van der Waals surface area contributed by atoms with Crippen molar-refractivity contribution in [2.75, 3.05) is 12.4 Å². The molecule has 0 heterocycles. The summed E-state index contributed by atoms with van der Waals surface area (Å²) in [5, 5.41) is 12.3. The molecule has 0 saturated heterocycles. The third kappa shape index (κ3) is 2.85. The van der Waals surface area contributed by atoms with Gasteiger partial charge in [-0.3, -0.25) is 0 Å². The van der Waals surface area contributed by atoms with E-state index in [2.05, 4.69) is 29.6 Å². The predicted molar refractivity (Wildman–Crippen MR) is 83.5 cm³/mol. The number of ether oxygens (including phenoxy) is 1. The number of rotatable bonds is 4. The summed E-state index contributed by atoms with van der Waals surface area (Å²) in [5.74, 6) is 0.704. The highest BCUT2D eigenvalue weighted by atomic mass is 16.5. The fraction of sp³-hybridized carbons (Fsp3) is 0.278. The van der Waals surface area contributed by atoms with Crippen LogP contribution in [0.25, 0.3) is 0 Å². The molecule has 21 heavy (non-hydrogen) atoms. The van der Waals surface area contributed by atoms with Crippen molar-refractivity contribution in [2.45, 2.75) is 25.8 Å². The van der Waals surface area contributed by atoms with Gasteiger partial charge in [-0.05, 0) is 48.1 Å². The Labute approximate surface area is 125 Å². The van der Waals surface area contributed by atoms with Crippen LogP contribution in [0.1, 0.15) is 28.7 Å². The molecule has 2 aromatic carbocycles. The number of nitrogens with zero attached hydrogens (tertiary/aromatic N) is 1. The molecule has 2 aromatic rings. The van der Waals surface area contributed by atoms with Crippen LogP contribution in [0.2, 0.25) is 0 Å². The molecule has 0 radical (unpaired) electrons. The second kappa shape index (κ2) is 5.88. The molecule has 0 aliphatic heterocycles. The first-order valence-electron chi connectivity index (χ1n) is 7.23. The number of hydrogen-bond acceptors (Lipinski definition) is 3. The monoisotopic (exact) mass is 278 g/mol. The van der Waals surface area contributed by atoms with Gasteiger partial charge in [0, 0.05) is 12.6 Å². The number of methoxy groups -OCH3 is 1. The standard InChI is InChI=1S/C18H18N2O/c1-21-18-10-13(11-19)6-8-17(18)20-12-14-5-7-15-3-2-4-16(15)9-14/h5-10,20H,2-4,12H2,1H3. The third-order valence-corrected chi connectivity index (χ3v) is 3.98. The van der Waals surface area contributed by atoms with Crippen LogP contribution in [0.15, 0.2) is 36.4 Å². The summed E-state index contributed by atoms with van der Waals surface area (Å²) in [6.45, 7) is 0.759. The van der Waals surface area contributed by atoms with Crippen LogP contribution < -0.4 is 10.1 Å². The number of aryl methyl sites for hydroxylation is 2. The molecule has 0 spiro atoms. The molecule has 106 valence electrons. The van der Waals surface area contributed by atoms with E-state index in [0.29, 0.717) is 11.3 Å². The molecule has 1 aliphatic rings. The Hall–Kier alpha value is -2.47. The van der Waals surface area contributed by atoms with Gasteiger partial charge in [0.2, 0.25) is 0 Å². The van der Waals surface area contributed by atoms with Crippen LogP contribution in [0.3, 0.4) is 0 Å². The van der Waals surface area contributed by atoms with Crippen molar-refractivity contribution in [3.63, 3.8) is 0 Å². The SMILES string of the molecule is COc1cc(C#N)ccc1NCc1ccc2c(c1)CCC2. The summed E-state index contributed by atoms with van der Waals surface area (Å²) in [6.07, 6.45) is 3.69. The van der Waals surface area contributed by atoms with Crippen LogP contribution in [-0.2, 0) is 19.4 Å². The van der Waals surface area contributed by atoms with Crippen molar-refractivity contribution in [1.82, 2.24) is 0 Å². The molecule has 0 amide bonds. The van der Waals surface area contributed by atoms with E-state index in [1.165, 1.54) is 36.0 Å². The number of fused-ring (bicyclic) bond motifs is 1. The minimum atomic E-state index is 0.606. The minimum Gasteiger partial charge on any atom is -0.495 e. The second-order valence-electron chi connectivity index (χ2n) is 5.34. The van der Waals surface area contributed by atoms with Crippen molar-refractivity contribution in [2.24, 2.45) is 0 Å². The first-order chi connectivity index (χ1) is 10.3. The van der Waals surface area contributed by atoms with Gasteiger partial charge >= 0.3 is 0 Å². The normalized spacial score (nSPS) is 12.6. The molecule has 0 aromatic heterocycles. The minimum absolute atomic E-state index is 0.606. The van der Waals surface area contributed by atoms with E-state index in [9.17, 15) is 0 Å². The lowest BCUT2D eigenvalue weighted by atomic mass is 10.1. The maximum Gasteiger partial charge on any atom is 0.143 e. The van der Waals surface area contributed by atoms with Gasteiger partial charge in [0.1, 0.15) is 5.75 Å². The van der Waals surface area contributed by atoms with E-state index in [0.717, 1.165) is 12.2 Å². The molecule has 0 fully saturated rings. The summed E-state index contributed by atoms with van der Waals surface area (Å²) in [6, 6.07) is 14.3. The molecule has 0 bridgehead atoms. The Kier molecular flexibility index (Phi) is 3.79. The van der Waals surface area contributed by atoms with E-state index in [1.807, 2.05) is 6.07 Å². The van der Waals surface area contributed by atoms with Crippen molar-refractivity contribution in [3.8, 4) is 11.8 Å². The van der Waals surface area contributed by atoms with Crippen LogP contribution in [0.5, 0.6) is 5.75 Å². The zero-order chi connectivity index (χ0) is 14.7. The van der Waals surface area contributed by atoms with E-state index >= 15 is 0 Å². The molecule has 0 atom stereocenters. The van der Waals surface area contributed by atoms with Crippen LogP contribution in [0, 0.1) is 11.3 Å². The fourth-order valence-electron chi connectivity index (χ4n) is 2.84. The number of nitrogens with one attached hydrogen (secondary N) is 1. The average molecular weight is 278 g/mol. The summed E-state index contributed by atoms with van der Waals surface area (Å²) in [5.41, 5.74) is 5.78. The average Bonchev–Trinajstić information content (AvgIpc) is 3.00.